The summed E-state index contributed by atoms with van der Waals surface area (Å²) in [5, 5.41) is 15.7. The molecule has 2 atom stereocenters. The molecule has 2 aromatic heterocycles. The maximum absolute atomic E-state index is 10.5. The fourth-order valence-electron chi connectivity index (χ4n) is 3.52. The van der Waals surface area contributed by atoms with Gasteiger partial charge in [-0.1, -0.05) is 25.1 Å². The first-order valence-electron chi connectivity index (χ1n) is 8.83. The number of para-hydroxylation sites is 1. The van der Waals surface area contributed by atoms with Crippen LogP contribution in [0.3, 0.4) is 0 Å². The number of pyridine rings is 1. The molecule has 0 radical (unpaired) electrons. The van der Waals surface area contributed by atoms with E-state index >= 15 is 0 Å². The third kappa shape index (κ3) is 3.22. The number of rotatable bonds is 5. The molecule has 1 saturated heterocycles. The summed E-state index contributed by atoms with van der Waals surface area (Å²) >= 11 is 0. The quantitative estimate of drug-likeness (QED) is 0.771. The van der Waals surface area contributed by atoms with Crippen molar-refractivity contribution in [3.05, 3.63) is 48.0 Å². The average Bonchev–Trinajstić information content (AvgIpc) is 3.23. The molecule has 6 nitrogen and oxygen atoms in total. The molecule has 6 heteroatoms. The normalized spacial score (nSPS) is 20.5. The number of anilines is 1. The third-order valence-corrected chi connectivity index (χ3v) is 4.83. The van der Waals surface area contributed by atoms with Gasteiger partial charge in [0.05, 0.1) is 11.6 Å². The number of benzene rings is 1. The zero-order valence-corrected chi connectivity index (χ0v) is 14.3. The summed E-state index contributed by atoms with van der Waals surface area (Å²) < 4.78 is 5.27. The number of aryl methyl sites for hydroxylation is 1. The van der Waals surface area contributed by atoms with Crippen LogP contribution in [0.25, 0.3) is 10.9 Å². The molecule has 0 bridgehead atoms. The predicted molar refractivity (Wildman–Crippen MR) is 95.4 cm³/mol. The van der Waals surface area contributed by atoms with Gasteiger partial charge in [-0.3, -0.25) is 4.98 Å². The molecule has 0 unspecified atom stereocenters. The van der Waals surface area contributed by atoms with Crippen molar-refractivity contribution in [1.82, 2.24) is 15.1 Å². The van der Waals surface area contributed by atoms with Crippen LogP contribution in [0.15, 0.2) is 41.1 Å². The Balaban J connectivity index is 1.51. The molecule has 1 aromatic carbocycles. The number of aliphatic hydroxyl groups excluding tert-OH is 1. The van der Waals surface area contributed by atoms with Gasteiger partial charge in [0, 0.05) is 37.0 Å². The minimum absolute atomic E-state index is 0.138. The predicted octanol–water partition coefficient (Wildman–Crippen LogP) is 2.61. The highest BCUT2D eigenvalue weighted by molar-refractivity contribution is 5.81. The van der Waals surface area contributed by atoms with Crippen LogP contribution in [0.4, 0.5) is 5.95 Å². The van der Waals surface area contributed by atoms with Crippen LogP contribution in [0.1, 0.15) is 24.8 Å². The van der Waals surface area contributed by atoms with E-state index in [1.165, 1.54) is 5.56 Å². The van der Waals surface area contributed by atoms with Crippen LogP contribution < -0.4 is 4.90 Å². The molecular weight excluding hydrogens is 316 g/mol. The smallest absolute Gasteiger partial charge is 0.266 e. The van der Waals surface area contributed by atoms with Crippen LogP contribution in [0.5, 0.6) is 0 Å². The highest BCUT2D eigenvalue weighted by Gasteiger charge is 2.33. The van der Waals surface area contributed by atoms with Gasteiger partial charge in [-0.15, -0.1) is 0 Å². The lowest BCUT2D eigenvalue weighted by Gasteiger charge is -2.15. The Hall–Kier alpha value is -2.47. The van der Waals surface area contributed by atoms with E-state index in [0.717, 1.165) is 36.7 Å². The first-order chi connectivity index (χ1) is 12.2. The summed E-state index contributed by atoms with van der Waals surface area (Å²) in [5.74, 6) is 1.39. The fourth-order valence-corrected chi connectivity index (χ4v) is 3.52. The fraction of sp³-hybridized carbons (Fsp3) is 0.421. The second kappa shape index (κ2) is 6.80. The molecule has 25 heavy (non-hydrogen) atoms. The molecule has 3 heterocycles. The van der Waals surface area contributed by atoms with E-state index in [9.17, 15) is 5.11 Å². The van der Waals surface area contributed by atoms with Crippen LogP contribution in [-0.4, -0.2) is 39.4 Å². The number of fused-ring (bicyclic) bond motifs is 1. The van der Waals surface area contributed by atoms with Crippen molar-refractivity contribution in [2.75, 3.05) is 18.0 Å². The summed E-state index contributed by atoms with van der Waals surface area (Å²) in [6, 6.07) is 10.2. The molecule has 0 aliphatic carbocycles. The molecule has 0 saturated carbocycles. The van der Waals surface area contributed by atoms with Crippen LogP contribution in [-0.2, 0) is 12.8 Å². The minimum Gasteiger partial charge on any atom is -0.391 e. The maximum atomic E-state index is 10.5. The number of aromatic nitrogens is 3. The number of hydrogen-bond donors (Lipinski definition) is 1. The van der Waals surface area contributed by atoms with Crippen molar-refractivity contribution in [3.63, 3.8) is 0 Å². The highest BCUT2D eigenvalue weighted by Crippen LogP contribution is 2.27. The molecule has 1 N–H and O–H groups in total. The standard InChI is InChI=1S/C19H22N4O2/c1-2-5-18-21-19(22-25-18)23-11-14(17(24)12-23)10-13-8-9-20-16-7-4-3-6-15(13)16/h3-4,6-9,14,17,24H,2,5,10-12H2,1H3/t14-,17-/m1/s1. The number of aliphatic hydroxyl groups is 1. The van der Waals surface area contributed by atoms with E-state index < -0.39 is 6.10 Å². The molecule has 3 aromatic rings. The molecule has 1 aliphatic heterocycles. The van der Waals surface area contributed by atoms with Crippen LogP contribution >= 0.6 is 0 Å². The van der Waals surface area contributed by atoms with E-state index in [0.29, 0.717) is 18.4 Å². The van der Waals surface area contributed by atoms with Crippen molar-refractivity contribution >= 4 is 16.9 Å². The summed E-state index contributed by atoms with van der Waals surface area (Å²) in [5.41, 5.74) is 2.21. The third-order valence-electron chi connectivity index (χ3n) is 4.83. The molecule has 0 spiro atoms. The van der Waals surface area contributed by atoms with Gasteiger partial charge in [-0.25, -0.2) is 0 Å². The Bertz CT molecular complexity index is 858. The largest absolute Gasteiger partial charge is 0.391 e. The summed E-state index contributed by atoms with van der Waals surface area (Å²) in [7, 11) is 0. The monoisotopic (exact) mass is 338 g/mol. The van der Waals surface area contributed by atoms with Gasteiger partial charge in [-0.2, -0.15) is 4.98 Å². The van der Waals surface area contributed by atoms with Gasteiger partial charge in [0.25, 0.3) is 5.95 Å². The molecule has 130 valence electrons. The zero-order chi connectivity index (χ0) is 17.2. The van der Waals surface area contributed by atoms with Crippen molar-refractivity contribution in [2.24, 2.45) is 5.92 Å². The average molecular weight is 338 g/mol. The molecule has 0 amide bonds. The second-order valence-corrected chi connectivity index (χ2v) is 6.66. The minimum atomic E-state index is -0.403. The number of hydrogen-bond acceptors (Lipinski definition) is 6. The summed E-state index contributed by atoms with van der Waals surface area (Å²) in [6.45, 7) is 3.35. The highest BCUT2D eigenvalue weighted by atomic mass is 16.5. The van der Waals surface area contributed by atoms with Crippen molar-refractivity contribution in [2.45, 2.75) is 32.3 Å². The van der Waals surface area contributed by atoms with Gasteiger partial charge >= 0.3 is 0 Å². The van der Waals surface area contributed by atoms with E-state index in [1.807, 2.05) is 35.4 Å². The number of nitrogens with zero attached hydrogens (tertiary/aromatic N) is 4. The Morgan fingerprint density at radius 2 is 2.12 bits per heavy atom. The van der Waals surface area contributed by atoms with E-state index in [4.69, 9.17) is 4.52 Å². The van der Waals surface area contributed by atoms with Gasteiger partial charge in [-0.05, 0) is 35.7 Å². The summed E-state index contributed by atoms with van der Waals surface area (Å²) in [6.07, 6.45) is 4.01. The van der Waals surface area contributed by atoms with Crippen molar-refractivity contribution in [3.8, 4) is 0 Å². The molecule has 1 aliphatic rings. The van der Waals surface area contributed by atoms with E-state index in [2.05, 4.69) is 28.1 Å². The Kier molecular flexibility index (Phi) is 4.36. The lowest BCUT2D eigenvalue weighted by atomic mass is 9.94. The topological polar surface area (TPSA) is 75.3 Å². The first kappa shape index (κ1) is 16.0. The van der Waals surface area contributed by atoms with Crippen molar-refractivity contribution < 1.29 is 9.63 Å². The van der Waals surface area contributed by atoms with Crippen LogP contribution in [0.2, 0.25) is 0 Å². The van der Waals surface area contributed by atoms with Crippen LogP contribution in [0, 0.1) is 5.92 Å². The SMILES string of the molecule is CCCc1nc(N2C[C@@H](Cc3ccnc4ccccc34)[C@H](O)C2)no1. The van der Waals surface area contributed by atoms with Gasteiger partial charge in [0.1, 0.15) is 0 Å². The van der Waals surface area contributed by atoms with Gasteiger partial charge < -0.3 is 14.5 Å². The molecule has 4 rings (SSSR count). The first-order valence-corrected chi connectivity index (χ1v) is 8.83. The maximum Gasteiger partial charge on any atom is 0.266 e. The van der Waals surface area contributed by atoms with E-state index in [-0.39, 0.29) is 5.92 Å². The van der Waals surface area contributed by atoms with E-state index in [1.54, 1.807) is 0 Å². The molecular formula is C19H22N4O2. The van der Waals surface area contributed by atoms with Gasteiger partial charge in [0.15, 0.2) is 0 Å². The van der Waals surface area contributed by atoms with Gasteiger partial charge in [0.2, 0.25) is 5.89 Å². The Labute approximate surface area is 146 Å². The van der Waals surface area contributed by atoms with Crippen molar-refractivity contribution in [1.29, 1.82) is 0 Å². The summed E-state index contributed by atoms with van der Waals surface area (Å²) in [4.78, 5) is 10.9. The Morgan fingerprint density at radius 1 is 1.24 bits per heavy atom. The second-order valence-electron chi connectivity index (χ2n) is 6.66. The number of β-amino-alcohol motifs (C(OH)–C–C–N with tert-alkyl or cyclic N) is 1. The lowest BCUT2D eigenvalue weighted by Crippen LogP contribution is -2.22. The molecule has 1 fully saturated rings. The zero-order valence-electron chi connectivity index (χ0n) is 14.3. The lowest BCUT2D eigenvalue weighted by molar-refractivity contribution is 0.148. The Morgan fingerprint density at radius 3 is 3.00 bits per heavy atom.